The first kappa shape index (κ1) is 15.8. The van der Waals surface area contributed by atoms with Crippen LogP contribution in [0.3, 0.4) is 0 Å². The molecule has 1 amide bonds. The smallest absolute Gasteiger partial charge is 0.255 e. The molecule has 124 valence electrons. The van der Waals surface area contributed by atoms with Crippen LogP contribution in [0.1, 0.15) is 27.8 Å². The van der Waals surface area contributed by atoms with E-state index in [-0.39, 0.29) is 5.91 Å². The first-order chi connectivity index (χ1) is 11.6. The average Bonchev–Trinajstić information content (AvgIpc) is 3.21. The molecule has 0 aliphatic rings. The second kappa shape index (κ2) is 6.57. The highest BCUT2D eigenvalue weighted by Gasteiger charge is 2.24. The lowest BCUT2D eigenvalue weighted by atomic mass is 10.0. The molecule has 0 fully saturated rings. The zero-order valence-corrected chi connectivity index (χ0v) is 13.8. The van der Waals surface area contributed by atoms with E-state index in [1.54, 1.807) is 31.2 Å². The highest BCUT2D eigenvalue weighted by Crippen LogP contribution is 2.29. The van der Waals surface area contributed by atoms with Gasteiger partial charge in [-0.3, -0.25) is 9.48 Å². The summed E-state index contributed by atoms with van der Waals surface area (Å²) in [5.74, 6) is 1.19. The lowest BCUT2D eigenvalue weighted by Gasteiger charge is -2.21. The third-order valence-corrected chi connectivity index (χ3v) is 3.81. The Hall–Kier alpha value is -3.09. The number of ether oxygens (including phenoxy) is 1. The number of nitrogens with zero attached hydrogens (tertiary/aromatic N) is 4. The van der Waals surface area contributed by atoms with Crippen LogP contribution in [0.15, 0.2) is 49.1 Å². The van der Waals surface area contributed by atoms with E-state index in [4.69, 9.17) is 4.74 Å². The molecule has 2 aromatic heterocycles. The number of rotatable bonds is 5. The lowest BCUT2D eigenvalue weighted by molar-refractivity contribution is 0.0940. The van der Waals surface area contributed by atoms with Crippen LogP contribution in [0.25, 0.3) is 0 Å². The maximum atomic E-state index is 12.6. The van der Waals surface area contributed by atoms with E-state index in [9.17, 15) is 4.79 Å². The molecule has 0 saturated carbocycles. The van der Waals surface area contributed by atoms with Crippen molar-refractivity contribution in [2.24, 2.45) is 14.1 Å². The summed E-state index contributed by atoms with van der Waals surface area (Å²) in [5.41, 5.74) is 1.33. The molecule has 3 aromatic rings. The van der Waals surface area contributed by atoms with Crippen molar-refractivity contribution in [2.45, 2.75) is 6.04 Å². The highest BCUT2D eigenvalue weighted by atomic mass is 16.5. The third kappa shape index (κ3) is 3.01. The van der Waals surface area contributed by atoms with Gasteiger partial charge in [-0.15, -0.1) is 0 Å². The molecule has 2 heterocycles. The van der Waals surface area contributed by atoms with Crippen LogP contribution < -0.4 is 10.1 Å². The first-order valence-corrected chi connectivity index (χ1v) is 7.49. The van der Waals surface area contributed by atoms with E-state index in [1.807, 2.05) is 42.1 Å². The standard InChI is InChI=1S/C17H19N5O2/c1-21-9-8-18-16(21)15(13-6-4-5-7-14(13)24-3)20-17(23)12-10-19-22(2)11-12/h4-11,15H,1-3H3,(H,20,23). The normalized spacial score (nSPS) is 12.0. The van der Waals surface area contributed by atoms with Crippen molar-refractivity contribution in [3.63, 3.8) is 0 Å². The number of aryl methyl sites for hydroxylation is 2. The summed E-state index contributed by atoms with van der Waals surface area (Å²) in [7, 11) is 5.27. The summed E-state index contributed by atoms with van der Waals surface area (Å²) in [6.07, 6.45) is 6.75. The fourth-order valence-corrected chi connectivity index (χ4v) is 2.59. The number of carbonyl (C=O) groups is 1. The van der Waals surface area contributed by atoms with Gasteiger partial charge in [0.25, 0.3) is 5.91 Å². The van der Waals surface area contributed by atoms with Crippen LogP contribution in [0, 0.1) is 0 Å². The predicted octanol–water partition coefficient (Wildman–Crippen LogP) is 1.68. The summed E-state index contributed by atoms with van der Waals surface area (Å²) in [4.78, 5) is 17.0. The van der Waals surface area contributed by atoms with Gasteiger partial charge in [-0.2, -0.15) is 5.10 Å². The summed E-state index contributed by atoms with van der Waals surface area (Å²) in [6.45, 7) is 0. The minimum absolute atomic E-state index is 0.220. The topological polar surface area (TPSA) is 74.0 Å². The monoisotopic (exact) mass is 325 g/mol. The molecule has 0 aliphatic heterocycles. The van der Waals surface area contributed by atoms with E-state index < -0.39 is 6.04 Å². The number of hydrogen-bond acceptors (Lipinski definition) is 4. The molecule has 0 bridgehead atoms. The molecule has 0 aliphatic carbocycles. The molecule has 1 atom stereocenters. The fraction of sp³-hybridized carbons (Fsp3) is 0.235. The molecule has 0 radical (unpaired) electrons. The van der Waals surface area contributed by atoms with Crippen molar-refractivity contribution in [3.05, 3.63) is 66.0 Å². The quantitative estimate of drug-likeness (QED) is 0.774. The van der Waals surface area contributed by atoms with Crippen molar-refractivity contribution >= 4 is 5.91 Å². The van der Waals surface area contributed by atoms with Gasteiger partial charge in [0.15, 0.2) is 0 Å². The van der Waals surface area contributed by atoms with E-state index >= 15 is 0 Å². The lowest BCUT2D eigenvalue weighted by Crippen LogP contribution is -2.31. The zero-order valence-electron chi connectivity index (χ0n) is 13.8. The van der Waals surface area contributed by atoms with Gasteiger partial charge in [0.1, 0.15) is 17.6 Å². The second-order valence-corrected chi connectivity index (χ2v) is 5.45. The van der Waals surface area contributed by atoms with Crippen LogP contribution in [-0.2, 0) is 14.1 Å². The van der Waals surface area contributed by atoms with Crippen LogP contribution in [-0.4, -0.2) is 32.3 Å². The van der Waals surface area contributed by atoms with Crippen molar-refractivity contribution in [3.8, 4) is 5.75 Å². The van der Waals surface area contributed by atoms with Gasteiger partial charge >= 0.3 is 0 Å². The molecule has 24 heavy (non-hydrogen) atoms. The highest BCUT2D eigenvalue weighted by molar-refractivity contribution is 5.94. The summed E-state index contributed by atoms with van der Waals surface area (Å²) in [5, 5.41) is 7.07. The van der Waals surface area contributed by atoms with E-state index in [2.05, 4.69) is 15.4 Å². The number of aromatic nitrogens is 4. The molecular formula is C17H19N5O2. The number of benzene rings is 1. The molecule has 1 aromatic carbocycles. The van der Waals surface area contributed by atoms with Gasteiger partial charge in [-0.25, -0.2) is 4.98 Å². The summed E-state index contributed by atoms with van der Waals surface area (Å²) < 4.78 is 8.92. The Morgan fingerprint density at radius 2 is 2.08 bits per heavy atom. The third-order valence-electron chi connectivity index (χ3n) is 3.81. The number of amides is 1. The number of nitrogens with one attached hydrogen (secondary N) is 1. The predicted molar refractivity (Wildman–Crippen MR) is 88.7 cm³/mol. The van der Waals surface area contributed by atoms with Crippen molar-refractivity contribution in [1.82, 2.24) is 24.6 Å². The van der Waals surface area contributed by atoms with E-state index in [1.165, 1.54) is 6.20 Å². The molecule has 1 unspecified atom stereocenters. The van der Waals surface area contributed by atoms with E-state index in [0.717, 1.165) is 11.4 Å². The van der Waals surface area contributed by atoms with Crippen LogP contribution in [0.5, 0.6) is 5.75 Å². The summed E-state index contributed by atoms with van der Waals surface area (Å²) >= 11 is 0. The van der Waals surface area contributed by atoms with Crippen molar-refractivity contribution in [1.29, 1.82) is 0 Å². The SMILES string of the molecule is COc1ccccc1C(NC(=O)c1cnn(C)c1)c1nccn1C. The Labute approximate surface area is 139 Å². The first-order valence-electron chi connectivity index (χ1n) is 7.49. The van der Waals surface area contributed by atoms with Gasteiger partial charge in [0.2, 0.25) is 0 Å². The van der Waals surface area contributed by atoms with Crippen molar-refractivity contribution < 1.29 is 9.53 Å². The van der Waals surface area contributed by atoms with Crippen LogP contribution in [0.2, 0.25) is 0 Å². The van der Waals surface area contributed by atoms with Gasteiger partial charge < -0.3 is 14.6 Å². The van der Waals surface area contributed by atoms with Gasteiger partial charge in [0.05, 0.1) is 18.9 Å². The molecular weight excluding hydrogens is 306 g/mol. The number of para-hydroxylation sites is 1. The Balaban J connectivity index is 2.00. The average molecular weight is 325 g/mol. The number of methoxy groups -OCH3 is 1. The van der Waals surface area contributed by atoms with Crippen molar-refractivity contribution in [2.75, 3.05) is 7.11 Å². The Kier molecular flexibility index (Phi) is 4.33. The van der Waals surface area contributed by atoms with Gasteiger partial charge in [0, 0.05) is 38.2 Å². The van der Waals surface area contributed by atoms with Crippen LogP contribution in [0.4, 0.5) is 0 Å². The summed E-state index contributed by atoms with van der Waals surface area (Å²) in [6, 6.07) is 7.14. The largest absolute Gasteiger partial charge is 0.496 e. The zero-order chi connectivity index (χ0) is 17.1. The molecule has 7 nitrogen and oxygen atoms in total. The van der Waals surface area contributed by atoms with Gasteiger partial charge in [-0.1, -0.05) is 18.2 Å². The Morgan fingerprint density at radius 1 is 1.29 bits per heavy atom. The Morgan fingerprint density at radius 3 is 2.71 bits per heavy atom. The minimum atomic E-state index is -0.436. The molecule has 7 heteroatoms. The number of carbonyl (C=O) groups excluding carboxylic acids is 1. The van der Waals surface area contributed by atoms with E-state index in [0.29, 0.717) is 11.3 Å². The number of imidazole rings is 1. The van der Waals surface area contributed by atoms with Crippen LogP contribution >= 0.6 is 0 Å². The minimum Gasteiger partial charge on any atom is -0.496 e. The maximum Gasteiger partial charge on any atom is 0.255 e. The number of hydrogen-bond donors (Lipinski definition) is 1. The van der Waals surface area contributed by atoms with Gasteiger partial charge in [-0.05, 0) is 6.07 Å². The fourth-order valence-electron chi connectivity index (χ4n) is 2.59. The molecule has 3 rings (SSSR count). The molecule has 1 N–H and O–H groups in total. The molecule has 0 spiro atoms. The maximum absolute atomic E-state index is 12.6. The molecule has 0 saturated heterocycles. The Bertz CT molecular complexity index is 852. The second-order valence-electron chi connectivity index (χ2n) is 5.45.